The molecule has 0 unspecified atom stereocenters. The lowest BCUT2D eigenvalue weighted by molar-refractivity contribution is -0.161. The summed E-state index contributed by atoms with van der Waals surface area (Å²) in [6, 6.07) is 0. The molecule has 0 heterocycles. The summed E-state index contributed by atoms with van der Waals surface area (Å²) in [6.07, 6.45) is 2.75. The summed E-state index contributed by atoms with van der Waals surface area (Å²) >= 11 is 0. The van der Waals surface area contributed by atoms with Gasteiger partial charge in [0.05, 0.1) is 6.61 Å². The Kier molecular flexibility index (Phi) is 5.77. The maximum Gasteiger partial charge on any atom is 0.470 e. The number of esters is 1. The molecule has 0 radical (unpaired) electrons. The molecule has 0 bridgehead atoms. The van der Waals surface area contributed by atoms with Crippen molar-refractivity contribution >= 4 is 16.2 Å². The first-order valence-electron chi connectivity index (χ1n) is 4.72. The van der Waals surface area contributed by atoms with Crippen LogP contribution in [-0.4, -0.2) is 26.2 Å². The molecule has 0 aromatic rings. The molecule has 0 atom stereocenters. The smallest absolute Gasteiger partial charge is 0.460 e. The van der Waals surface area contributed by atoms with Crippen molar-refractivity contribution in [1.29, 1.82) is 0 Å². The van der Waals surface area contributed by atoms with Crippen molar-refractivity contribution in [3.8, 4) is 0 Å². The standard InChI is InChI=1S/C8H13F3O4S/c1-2-3-4-5-6-15-7(12)8(9,10)16(11,13)14/h2-6H2,1H3. The van der Waals surface area contributed by atoms with Crippen molar-refractivity contribution < 1.29 is 30.6 Å². The molecule has 0 fully saturated rings. The number of rotatable bonds is 7. The maximum absolute atomic E-state index is 12.5. The highest BCUT2D eigenvalue weighted by molar-refractivity contribution is 7.88. The van der Waals surface area contributed by atoms with Crippen molar-refractivity contribution in [3.05, 3.63) is 0 Å². The van der Waals surface area contributed by atoms with E-state index >= 15 is 0 Å². The fourth-order valence-corrected chi connectivity index (χ4v) is 1.14. The first-order valence-corrected chi connectivity index (χ1v) is 6.11. The Morgan fingerprint density at radius 1 is 1.25 bits per heavy atom. The van der Waals surface area contributed by atoms with Gasteiger partial charge in [-0.3, -0.25) is 0 Å². The van der Waals surface area contributed by atoms with E-state index in [-0.39, 0.29) is 6.61 Å². The van der Waals surface area contributed by atoms with Crippen LogP contribution < -0.4 is 0 Å². The summed E-state index contributed by atoms with van der Waals surface area (Å²) < 4.78 is 60.7. The van der Waals surface area contributed by atoms with E-state index in [9.17, 15) is 25.9 Å². The lowest BCUT2D eigenvalue weighted by Gasteiger charge is -2.10. The molecule has 0 aromatic carbocycles. The van der Waals surface area contributed by atoms with Gasteiger partial charge in [0.1, 0.15) is 0 Å². The van der Waals surface area contributed by atoms with E-state index in [2.05, 4.69) is 4.74 Å². The first kappa shape index (κ1) is 15.2. The molecule has 8 heteroatoms. The second-order valence-electron chi connectivity index (χ2n) is 3.15. The second-order valence-corrected chi connectivity index (χ2v) is 4.54. The lowest BCUT2D eigenvalue weighted by atomic mass is 10.2. The van der Waals surface area contributed by atoms with Crippen LogP contribution in [0.4, 0.5) is 12.7 Å². The zero-order chi connectivity index (χ0) is 12.8. The average Bonchev–Trinajstić information content (AvgIpc) is 2.15. The molecule has 0 rings (SSSR count). The molecule has 0 aromatic heterocycles. The van der Waals surface area contributed by atoms with Crippen LogP contribution in [0.5, 0.6) is 0 Å². The van der Waals surface area contributed by atoms with Crippen LogP contribution in [0.3, 0.4) is 0 Å². The molecule has 0 aliphatic heterocycles. The van der Waals surface area contributed by atoms with E-state index in [1.165, 1.54) is 0 Å². The molecule has 0 saturated carbocycles. The molecule has 0 spiro atoms. The SMILES string of the molecule is CCCCCCOC(=O)C(F)(F)S(=O)(=O)F. The molecular weight excluding hydrogens is 249 g/mol. The van der Waals surface area contributed by atoms with Crippen molar-refractivity contribution in [2.24, 2.45) is 0 Å². The zero-order valence-electron chi connectivity index (χ0n) is 8.71. The van der Waals surface area contributed by atoms with Crippen LogP contribution in [0.1, 0.15) is 32.6 Å². The number of hydrogen-bond acceptors (Lipinski definition) is 4. The third-order valence-corrected chi connectivity index (χ3v) is 2.55. The fraction of sp³-hybridized carbons (Fsp3) is 0.875. The minimum atomic E-state index is -6.26. The molecule has 4 nitrogen and oxygen atoms in total. The summed E-state index contributed by atoms with van der Waals surface area (Å²) in [5, 5.41) is -5.11. The van der Waals surface area contributed by atoms with Gasteiger partial charge < -0.3 is 4.74 Å². The van der Waals surface area contributed by atoms with E-state index in [4.69, 9.17) is 0 Å². The quantitative estimate of drug-likeness (QED) is 0.400. The topological polar surface area (TPSA) is 60.4 Å². The first-order chi connectivity index (χ1) is 7.23. The van der Waals surface area contributed by atoms with Crippen LogP contribution in [0, 0.1) is 0 Å². The maximum atomic E-state index is 12.5. The van der Waals surface area contributed by atoms with Crippen LogP contribution in [0.2, 0.25) is 0 Å². The summed E-state index contributed by atoms with van der Waals surface area (Å²) in [4.78, 5) is 10.6. The molecule has 0 aliphatic rings. The highest BCUT2D eigenvalue weighted by Crippen LogP contribution is 2.25. The van der Waals surface area contributed by atoms with Crippen molar-refractivity contribution in [1.82, 2.24) is 0 Å². The predicted molar refractivity (Wildman–Crippen MR) is 50.1 cm³/mol. The Balaban J connectivity index is 4.08. The summed E-state index contributed by atoms with van der Waals surface area (Å²) in [5.74, 6) is -2.37. The highest BCUT2D eigenvalue weighted by atomic mass is 32.3. The van der Waals surface area contributed by atoms with Gasteiger partial charge in [-0.25, -0.2) is 4.79 Å². The number of hydrogen-bond donors (Lipinski definition) is 0. The molecule has 0 saturated heterocycles. The van der Waals surface area contributed by atoms with E-state index in [1.54, 1.807) is 0 Å². The molecular formula is C8H13F3O4S. The number of alkyl halides is 2. The number of ether oxygens (including phenoxy) is 1. The molecule has 96 valence electrons. The Bertz CT molecular complexity index is 326. The predicted octanol–water partition coefficient (Wildman–Crippen LogP) is 2.00. The molecule has 16 heavy (non-hydrogen) atoms. The minimum Gasteiger partial charge on any atom is -0.460 e. The van der Waals surface area contributed by atoms with E-state index in [0.717, 1.165) is 12.8 Å². The van der Waals surface area contributed by atoms with Gasteiger partial charge >= 0.3 is 21.4 Å². The third kappa shape index (κ3) is 4.38. The third-order valence-electron chi connectivity index (χ3n) is 1.77. The Hall–Kier alpha value is -0.790. The molecule has 0 amide bonds. The number of carbonyl (C=O) groups excluding carboxylic acids is 1. The normalized spacial score (nSPS) is 12.5. The van der Waals surface area contributed by atoms with Gasteiger partial charge in [0.15, 0.2) is 0 Å². The van der Waals surface area contributed by atoms with Crippen LogP contribution >= 0.6 is 0 Å². The van der Waals surface area contributed by atoms with E-state index in [0.29, 0.717) is 12.8 Å². The Morgan fingerprint density at radius 2 is 1.81 bits per heavy atom. The van der Waals surface area contributed by atoms with Gasteiger partial charge in [0, 0.05) is 0 Å². The van der Waals surface area contributed by atoms with Crippen LogP contribution in [0.15, 0.2) is 0 Å². The van der Waals surface area contributed by atoms with Crippen LogP contribution in [-0.2, 0) is 19.8 Å². The number of unbranched alkanes of at least 4 members (excludes halogenated alkanes) is 3. The van der Waals surface area contributed by atoms with Crippen molar-refractivity contribution in [2.45, 2.75) is 37.9 Å². The van der Waals surface area contributed by atoms with Crippen molar-refractivity contribution in [3.63, 3.8) is 0 Å². The van der Waals surface area contributed by atoms with Gasteiger partial charge in [-0.15, -0.1) is 0 Å². The second kappa shape index (κ2) is 6.07. The fourth-order valence-electron chi connectivity index (χ4n) is 0.877. The van der Waals surface area contributed by atoms with E-state index in [1.807, 2.05) is 6.92 Å². The van der Waals surface area contributed by atoms with Gasteiger partial charge in [-0.05, 0) is 6.42 Å². The summed E-state index contributed by atoms with van der Waals surface area (Å²) in [5.41, 5.74) is 0. The summed E-state index contributed by atoms with van der Waals surface area (Å²) in [7, 11) is -6.26. The van der Waals surface area contributed by atoms with E-state index < -0.39 is 21.4 Å². The average molecular weight is 262 g/mol. The summed E-state index contributed by atoms with van der Waals surface area (Å²) in [6.45, 7) is 1.58. The van der Waals surface area contributed by atoms with Crippen LogP contribution in [0.25, 0.3) is 0 Å². The largest absolute Gasteiger partial charge is 0.470 e. The van der Waals surface area contributed by atoms with Gasteiger partial charge in [0.2, 0.25) is 0 Å². The monoisotopic (exact) mass is 262 g/mol. The highest BCUT2D eigenvalue weighted by Gasteiger charge is 2.55. The van der Waals surface area contributed by atoms with Gasteiger partial charge in [-0.2, -0.15) is 17.2 Å². The van der Waals surface area contributed by atoms with Crippen molar-refractivity contribution in [2.75, 3.05) is 6.61 Å². The molecule has 0 N–H and O–H groups in total. The zero-order valence-corrected chi connectivity index (χ0v) is 9.53. The Labute approximate surface area is 92.0 Å². The van der Waals surface area contributed by atoms with Gasteiger partial charge in [0.25, 0.3) is 0 Å². The Morgan fingerprint density at radius 3 is 2.25 bits per heavy atom. The van der Waals surface area contributed by atoms with Gasteiger partial charge in [-0.1, -0.05) is 30.1 Å². The number of carbonyl (C=O) groups is 1. The lowest BCUT2D eigenvalue weighted by Crippen LogP contribution is -2.37. The number of halogens is 3. The molecule has 0 aliphatic carbocycles. The minimum absolute atomic E-state index is 0.335.